The third kappa shape index (κ3) is 7.76. The summed E-state index contributed by atoms with van der Waals surface area (Å²) in [7, 11) is 0. The summed E-state index contributed by atoms with van der Waals surface area (Å²) in [6.07, 6.45) is -0.0250. The summed E-state index contributed by atoms with van der Waals surface area (Å²) in [6, 6.07) is 0. The molecule has 0 aliphatic rings. The minimum absolute atomic E-state index is 0. The molecule has 0 aromatic heterocycles. The van der Waals surface area contributed by atoms with Gasteiger partial charge < -0.3 is 5.11 Å². The molecule has 0 heterocycles. The summed E-state index contributed by atoms with van der Waals surface area (Å²) >= 11 is 0. The Morgan fingerprint density at radius 3 is 2.00 bits per heavy atom. The molecule has 0 aromatic carbocycles. The molecule has 4 heteroatoms. The molecule has 0 atom stereocenters. The van der Waals surface area contributed by atoms with Crippen LogP contribution in [0.25, 0.3) is 0 Å². The SMILES string of the molecule is CCC(=O)CC(=O)O.[Zn]. The van der Waals surface area contributed by atoms with E-state index < -0.39 is 5.97 Å². The number of carboxylic acids is 1. The van der Waals surface area contributed by atoms with Crippen molar-refractivity contribution in [2.24, 2.45) is 0 Å². The molecular formula is C5H8O3Zn. The first-order valence-corrected chi connectivity index (χ1v) is 2.40. The maximum absolute atomic E-state index is 10.2. The predicted molar refractivity (Wildman–Crippen MR) is 27.6 cm³/mol. The number of carboxylic acid groups (broad SMARTS) is 1. The van der Waals surface area contributed by atoms with Crippen molar-refractivity contribution in [3.63, 3.8) is 0 Å². The fourth-order valence-corrected chi connectivity index (χ4v) is 0.294. The van der Waals surface area contributed by atoms with Crippen LogP contribution >= 0.6 is 0 Å². The average molecular weight is 182 g/mol. The fraction of sp³-hybridized carbons (Fsp3) is 0.600. The Bertz CT molecular complexity index is 111. The molecule has 0 spiro atoms. The Morgan fingerprint density at radius 2 is 1.89 bits per heavy atom. The molecule has 9 heavy (non-hydrogen) atoms. The minimum atomic E-state index is -1.04. The van der Waals surface area contributed by atoms with Crippen LogP contribution in [0.1, 0.15) is 19.8 Å². The normalized spacial score (nSPS) is 7.67. The van der Waals surface area contributed by atoms with Gasteiger partial charge in [-0.3, -0.25) is 9.59 Å². The summed E-state index contributed by atoms with van der Waals surface area (Å²) < 4.78 is 0. The zero-order chi connectivity index (χ0) is 6.57. The van der Waals surface area contributed by atoms with Crippen LogP contribution in [-0.2, 0) is 29.1 Å². The van der Waals surface area contributed by atoms with E-state index in [0.717, 1.165) is 0 Å². The van der Waals surface area contributed by atoms with Crippen LogP contribution < -0.4 is 0 Å². The fourth-order valence-electron chi connectivity index (χ4n) is 0.294. The molecule has 0 radical (unpaired) electrons. The van der Waals surface area contributed by atoms with E-state index in [4.69, 9.17) is 5.11 Å². The first kappa shape index (κ1) is 11.5. The minimum Gasteiger partial charge on any atom is -0.481 e. The third-order valence-corrected chi connectivity index (χ3v) is 0.743. The van der Waals surface area contributed by atoms with Crippen LogP contribution in [0.15, 0.2) is 0 Å². The number of aliphatic carboxylic acids is 1. The van der Waals surface area contributed by atoms with E-state index in [1.54, 1.807) is 6.92 Å². The zero-order valence-electron chi connectivity index (χ0n) is 5.39. The molecule has 0 fully saturated rings. The van der Waals surface area contributed by atoms with E-state index in [1.807, 2.05) is 0 Å². The van der Waals surface area contributed by atoms with Crippen LogP contribution in [0.4, 0.5) is 0 Å². The van der Waals surface area contributed by atoms with Crippen molar-refractivity contribution >= 4 is 11.8 Å². The number of hydrogen-bond donors (Lipinski definition) is 1. The van der Waals surface area contributed by atoms with Gasteiger partial charge in [0.1, 0.15) is 12.2 Å². The van der Waals surface area contributed by atoms with Gasteiger partial charge in [-0.1, -0.05) is 6.92 Å². The summed E-state index contributed by atoms with van der Waals surface area (Å²) in [5, 5.41) is 7.99. The molecule has 48 valence electrons. The van der Waals surface area contributed by atoms with Crippen molar-refractivity contribution in [2.75, 3.05) is 0 Å². The van der Waals surface area contributed by atoms with Gasteiger partial charge in [0.2, 0.25) is 0 Å². The Balaban J connectivity index is 0. The molecule has 3 nitrogen and oxygen atoms in total. The molecule has 0 saturated carbocycles. The van der Waals surface area contributed by atoms with Gasteiger partial charge in [0.25, 0.3) is 0 Å². The van der Waals surface area contributed by atoms with Gasteiger partial charge in [0.05, 0.1) is 0 Å². The van der Waals surface area contributed by atoms with E-state index in [2.05, 4.69) is 0 Å². The summed E-state index contributed by atoms with van der Waals surface area (Å²) in [4.78, 5) is 20.0. The van der Waals surface area contributed by atoms with Crippen molar-refractivity contribution in [1.82, 2.24) is 0 Å². The molecule has 0 rings (SSSR count). The summed E-state index contributed by atoms with van der Waals surface area (Å²) in [6.45, 7) is 1.64. The molecule has 0 aromatic rings. The summed E-state index contributed by atoms with van der Waals surface area (Å²) in [5.74, 6) is -1.27. The van der Waals surface area contributed by atoms with Gasteiger partial charge in [-0.05, 0) is 0 Å². The summed E-state index contributed by atoms with van der Waals surface area (Å²) in [5.41, 5.74) is 0. The van der Waals surface area contributed by atoms with Crippen LogP contribution in [0.5, 0.6) is 0 Å². The van der Waals surface area contributed by atoms with Crippen molar-refractivity contribution < 1.29 is 34.2 Å². The zero-order valence-corrected chi connectivity index (χ0v) is 8.35. The number of Topliss-reactive ketones (excluding diaryl/α,β-unsaturated/α-hetero) is 1. The van der Waals surface area contributed by atoms with E-state index >= 15 is 0 Å². The quantitative estimate of drug-likeness (QED) is 0.508. The first-order valence-electron chi connectivity index (χ1n) is 2.40. The van der Waals surface area contributed by atoms with Gasteiger partial charge in [0.15, 0.2) is 0 Å². The second-order valence-corrected chi connectivity index (χ2v) is 1.46. The number of ketones is 1. The van der Waals surface area contributed by atoms with Gasteiger partial charge in [-0.2, -0.15) is 0 Å². The Labute approximate surface area is 66.2 Å². The van der Waals surface area contributed by atoms with Gasteiger partial charge in [-0.15, -0.1) is 0 Å². The van der Waals surface area contributed by atoms with Crippen molar-refractivity contribution in [1.29, 1.82) is 0 Å². The molecule has 0 saturated heterocycles. The van der Waals surface area contributed by atoms with Crippen LogP contribution in [-0.4, -0.2) is 16.9 Å². The standard InChI is InChI=1S/C5H8O3.Zn/c1-2-4(6)3-5(7)8;/h2-3H2,1H3,(H,7,8);. The molecule has 0 bridgehead atoms. The molecule has 0 aliphatic heterocycles. The van der Waals surface area contributed by atoms with Gasteiger partial charge >= 0.3 is 5.97 Å². The predicted octanol–water partition coefficient (Wildman–Crippen LogP) is 0.438. The van der Waals surface area contributed by atoms with E-state index in [0.29, 0.717) is 6.42 Å². The Kier molecular flexibility index (Phi) is 7.56. The van der Waals surface area contributed by atoms with Crippen LogP contribution in [0.3, 0.4) is 0 Å². The van der Waals surface area contributed by atoms with Gasteiger partial charge in [0, 0.05) is 25.9 Å². The number of rotatable bonds is 3. The smallest absolute Gasteiger partial charge is 0.310 e. The molecule has 0 amide bonds. The molecule has 0 aliphatic carbocycles. The van der Waals surface area contributed by atoms with Crippen molar-refractivity contribution in [3.05, 3.63) is 0 Å². The van der Waals surface area contributed by atoms with Crippen molar-refractivity contribution in [3.8, 4) is 0 Å². The number of carbonyl (C=O) groups excluding carboxylic acids is 1. The Morgan fingerprint density at radius 1 is 1.44 bits per heavy atom. The van der Waals surface area contributed by atoms with E-state index in [9.17, 15) is 9.59 Å². The maximum atomic E-state index is 10.2. The van der Waals surface area contributed by atoms with Gasteiger partial charge in [-0.25, -0.2) is 0 Å². The average Bonchev–Trinajstić information content (AvgIpc) is 1.65. The number of carbonyl (C=O) groups is 2. The van der Waals surface area contributed by atoms with Crippen LogP contribution in [0, 0.1) is 0 Å². The monoisotopic (exact) mass is 180 g/mol. The second kappa shape index (κ2) is 5.89. The first-order chi connectivity index (χ1) is 3.66. The Hall–Kier alpha value is -0.237. The number of hydrogen-bond acceptors (Lipinski definition) is 2. The molecule has 0 unspecified atom stereocenters. The maximum Gasteiger partial charge on any atom is 0.310 e. The van der Waals surface area contributed by atoms with E-state index in [1.165, 1.54) is 0 Å². The molecule has 1 N–H and O–H groups in total. The third-order valence-electron chi connectivity index (χ3n) is 0.743. The second-order valence-electron chi connectivity index (χ2n) is 1.46. The molecular weight excluding hydrogens is 173 g/mol. The van der Waals surface area contributed by atoms with Crippen LogP contribution in [0.2, 0.25) is 0 Å². The largest absolute Gasteiger partial charge is 0.481 e. The topological polar surface area (TPSA) is 54.4 Å². The van der Waals surface area contributed by atoms with E-state index in [-0.39, 0.29) is 31.7 Å². The van der Waals surface area contributed by atoms with Crippen molar-refractivity contribution in [2.45, 2.75) is 19.8 Å².